The molecule has 0 aliphatic heterocycles. The van der Waals surface area contributed by atoms with E-state index in [9.17, 15) is 8.42 Å². The van der Waals surface area contributed by atoms with Gasteiger partial charge in [0.25, 0.3) is 10.0 Å². The number of halogens is 2. The molecule has 0 radical (unpaired) electrons. The molecule has 0 atom stereocenters. The summed E-state index contributed by atoms with van der Waals surface area (Å²) in [4.78, 5) is 0. The maximum absolute atomic E-state index is 12.2. The van der Waals surface area contributed by atoms with Crippen molar-refractivity contribution in [2.75, 3.05) is 4.72 Å². The smallest absolute Gasteiger partial charge is 0.279 e. The minimum atomic E-state index is -3.85. The Morgan fingerprint density at radius 3 is 2.53 bits per heavy atom. The summed E-state index contributed by atoms with van der Waals surface area (Å²) in [6.07, 6.45) is 1.27. The third-order valence-corrected chi connectivity index (χ3v) is 5.00. The van der Waals surface area contributed by atoms with Crippen LogP contribution in [0.2, 0.25) is 0 Å². The number of nitrogens with zero attached hydrogens (tertiary/aromatic N) is 1. The van der Waals surface area contributed by atoms with Crippen LogP contribution in [0.5, 0.6) is 0 Å². The van der Waals surface area contributed by atoms with Gasteiger partial charge < -0.3 is 5.11 Å². The van der Waals surface area contributed by atoms with E-state index in [1.807, 2.05) is 0 Å². The number of aliphatic hydroxyl groups is 1. The summed E-state index contributed by atoms with van der Waals surface area (Å²) < 4.78 is 28.0. The molecule has 0 aliphatic rings. The molecule has 9 heteroatoms. The van der Waals surface area contributed by atoms with E-state index in [1.54, 1.807) is 18.2 Å². The third kappa shape index (κ3) is 2.99. The van der Waals surface area contributed by atoms with Gasteiger partial charge in [-0.05, 0) is 44.0 Å². The number of para-hydroxylation sites is 1. The third-order valence-electron chi connectivity index (χ3n) is 2.32. The van der Waals surface area contributed by atoms with Crippen LogP contribution in [0.25, 0.3) is 0 Å². The van der Waals surface area contributed by atoms with Gasteiger partial charge in [-0.1, -0.05) is 6.07 Å². The Balaban J connectivity index is 2.43. The van der Waals surface area contributed by atoms with Crippen molar-refractivity contribution in [3.63, 3.8) is 0 Å². The van der Waals surface area contributed by atoms with Crippen molar-refractivity contribution in [1.82, 2.24) is 10.2 Å². The monoisotopic (exact) mass is 409 g/mol. The molecule has 1 aromatic heterocycles. The molecule has 2 aromatic rings. The average Bonchev–Trinajstić information content (AvgIpc) is 2.83. The van der Waals surface area contributed by atoms with Gasteiger partial charge in [0.05, 0.1) is 18.5 Å². The second kappa shape index (κ2) is 5.61. The predicted molar refractivity (Wildman–Crippen MR) is 77.2 cm³/mol. The van der Waals surface area contributed by atoms with Crippen molar-refractivity contribution in [1.29, 1.82) is 0 Å². The van der Waals surface area contributed by atoms with Gasteiger partial charge in [0.1, 0.15) is 0 Å². The lowest BCUT2D eigenvalue weighted by molar-refractivity contribution is 0.278. The summed E-state index contributed by atoms with van der Waals surface area (Å²) >= 11 is 6.53. The maximum Gasteiger partial charge on any atom is 0.279 e. The fourth-order valence-electron chi connectivity index (χ4n) is 1.43. The van der Waals surface area contributed by atoms with Crippen LogP contribution in [0, 0.1) is 0 Å². The minimum Gasteiger partial charge on any atom is -0.392 e. The van der Waals surface area contributed by atoms with Crippen LogP contribution in [0.15, 0.2) is 38.4 Å². The lowest BCUT2D eigenvalue weighted by Crippen LogP contribution is -2.16. The zero-order chi connectivity index (χ0) is 14.0. The maximum atomic E-state index is 12.2. The lowest BCUT2D eigenvalue weighted by atomic mass is 10.3. The number of H-pyrrole nitrogens is 1. The SMILES string of the molecule is O=S(=O)(Nc1c(Br)cccc1Br)c1[nH]ncc1CO. The van der Waals surface area contributed by atoms with Crippen molar-refractivity contribution >= 4 is 47.6 Å². The van der Waals surface area contributed by atoms with Gasteiger partial charge in [-0.25, -0.2) is 0 Å². The topological polar surface area (TPSA) is 95.1 Å². The fourth-order valence-corrected chi connectivity index (χ4v) is 4.11. The lowest BCUT2D eigenvalue weighted by Gasteiger charge is -2.11. The first-order valence-corrected chi connectivity index (χ1v) is 8.12. The fraction of sp³-hybridized carbons (Fsp3) is 0.100. The Hall–Kier alpha value is -0.900. The van der Waals surface area contributed by atoms with E-state index in [-0.39, 0.29) is 10.6 Å². The highest BCUT2D eigenvalue weighted by atomic mass is 79.9. The Labute approximate surface area is 126 Å². The Morgan fingerprint density at radius 2 is 1.95 bits per heavy atom. The van der Waals surface area contributed by atoms with Gasteiger partial charge in [0.15, 0.2) is 5.03 Å². The van der Waals surface area contributed by atoms with Crippen LogP contribution in [-0.4, -0.2) is 23.7 Å². The van der Waals surface area contributed by atoms with Gasteiger partial charge in [0, 0.05) is 14.5 Å². The summed E-state index contributed by atoms with van der Waals surface area (Å²) in [7, 11) is -3.85. The normalized spacial score (nSPS) is 11.5. The largest absolute Gasteiger partial charge is 0.392 e. The number of aliphatic hydroxyl groups excluding tert-OH is 1. The second-order valence-electron chi connectivity index (χ2n) is 3.58. The molecule has 102 valence electrons. The molecule has 6 nitrogen and oxygen atoms in total. The van der Waals surface area contributed by atoms with Crippen molar-refractivity contribution in [3.8, 4) is 0 Å². The number of benzene rings is 1. The van der Waals surface area contributed by atoms with Crippen LogP contribution in [0.4, 0.5) is 5.69 Å². The number of anilines is 1. The highest BCUT2D eigenvalue weighted by molar-refractivity contribution is 9.11. The van der Waals surface area contributed by atoms with Crippen LogP contribution < -0.4 is 4.72 Å². The van der Waals surface area contributed by atoms with E-state index >= 15 is 0 Å². The highest BCUT2D eigenvalue weighted by Gasteiger charge is 2.22. The molecule has 19 heavy (non-hydrogen) atoms. The van der Waals surface area contributed by atoms with Gasteiger partial charge >= 0.3 is 0 Å². The Morgan fingerprint density at radius 1 is 1.32 bits per heavy atom. The number of aromatic amines is 1. The molecule has 0 unspecified atom stereocenters. The molecule has 2 rings (SSSR count). The van der Waals surface area contributed by atoms with Crippen molar-refractivity contribution in [3.05, 3.63) is 38.9 Å². The van der Waals surface area contributed by atoms with Gasteiger partial charge in [-0.2, -0.15) is 13.5 Å². The zero-order valence-corrected chi connectivity index (χ0v) is 13.4. The summed E-state index contributed by atoms with van der Waals surface area (Å²) in [6, 6.07) is 5.19. The molecule has 0 aliphatic carbocycles. The average molecular weight is 411 g/mol. The quantitative estimate of drug-likeness (QED) is 0.720. The minimum absolute atomic E-state index is 0.155. The molecule has 0 saturated heterocycles. The molecular weight excluding hydrogens is 402 g/mol. The van der Waals surface area contributed by atoms with Crippen molar-refractivity contribution in [2.45, 2.75) is 11.6 Å². The molecule has 0 amide bonds. The zero-order valence-electron chi connectivity index (χ0n) is 9.39. The highest BCUT2D eigenvalue weighted by Crippen LogP contribution is 2.32. The van der Waals surface area contributed by atoms with Crippen molar-refractivity contribution in [2.24, 2.45) is 0 Å². The summed E-state index contributed by atoms with van der Waals surface area (Å²) in [5, 5.41) is 14.9. The van der Waals surface area contributed by atoms with Crippen LogP contribution in [-0.2, 0) is 16.6 Å². The molecule has 0 fully saturated rings. The Bertz CT molecular complexity index is 680. The first-order chi connectivity index (χ1) is 8.95. The van der Waals surface area contributed by atoms with E-state index < -0.39 is 16.6 Å². The first kappa shape index (κ1) is 14.5. The summed E-state index contributed by atoms with van der Waals surface area (Å²) in [5.74, 6) is 0. The molecule has 3 N–H and O–H groups in total. The molecule has 1 aromatic carbocycles. The molecule has 1 heterocycles. The van der Waals surface area contributed by atoms with Gasteiger partial charge in [-0.3, -0.25) is 9.82 Å². The van der Waals surface area contributed by atoms with E-state index in [2.05, 4.69) is 46.8 Å². The van der Waals surface area contributed by atoms with Crippen LogP contribution in [0.3, 0.4) is 0 Å². The summed E-state index contributed by atoms with van der Waals surface area (Å²) in [6.45, 7) is -0.413. The number of hydrogen-bond donors (Lipinski definition) is 3. The van der Waals surface area contributed by atoms with Gasteiger partial charge in [-0.15, -0.1) is 0 Å². The standard InChI is InChI=1S/C10H9Br2N3O3S/c11-7-2-1-3-8(12)9(7)15-19(17,18)10-6(5-16)4-13-14-10/h1-4,15-16H,5H2,(H,13,14). The second-order valence-corrected chi connectivity index (χ2v) is 6.91. The number of rotatable bonds is 4. The van der Waals surface area contributed by atoms with Crippen LogP contribution in [0.1, 0.15) is 5.56 Å². The number of nitrogens with one attached hydrogen (secondary N) is 2. The number of hydrogen-bond acceptors (Lipinski definition) is 4. The first-order valence-electron chi connectivity index (χ1n) is 5.05. The molecular formula is C10H9Br2N3O3S. The number of aromatic nitrogens is 2. The van der Waals surface area contributed by atoms with E-state index in [1.165, 1.54) is 6.20 Å². The molecule has 0 spiro atoms. The molecule has 0 saturated carbocycles. The van der Waals surface area contributed by atoms with Gasteiger partial charge in [0.2, 0.25) is 0 Å². The van der Waals surface area contributed by atoms with Crippen LogP contribution >= 0.6 is 31.9 Å². The molecule has 0 bridgehead atoms. The van der Waals surface area contributed by atoms with E-state index in [0.717, 1.165) is 0 Å². The summed E-state index contributed by atoms with van der Waals surface area (Å²) in [5.41, 5.74) is 0.580. The Kier molecular flexibility index (Phi) is 4.29. The number of sulfonamides is 1. The van der Waals surface area contributed by atoms with E-state index in [0.29, 0.717) is 14.6 Å². The van der Waals surface area contributed by atoms with E-state index in [4.69, 9.17) is 5.11 Å². The predicted octanol–water partition coefficient (Wildman–Crippen LogP) is 2.23. The van der Waals surface area contributed by atoms with Crippen molar-refractivity contribution < 1.29 is 13.5 Å².